The highest BCUT2D eigenvalue weighted by molar-refractivity contribution is 6.33. The second-order valence-electron chi connectivity index (χ2n) is 6.53. The number of nitro groups is 1. The number of carbonyl (C=O) groups is 2. The van der Waals surface area contributed by atoms with Crippen LogP contribution < -0.4 is 10.6 Å². The smallest absolute Gasteiger partial charge is 0.321 e. The van der Waals surface area contributed by atoms with Crippen molar-refractivity contribution < 1.29 is 14.5 Å². The van der Waals surface area contributed by atoms with Crippen LogP contribution in [0.1, 0.15) is 0 Å². The highest BCUT2D eigenvalue weighted by atomic mass is 35.5. The van der Waals surface area contributed by atoms with E-state index in [1.807, 2.05) is 4.90 Å². The largest absolute Gasteiger partial charge is 0.324 e. The van der Waals surface area contributed by atoms with Gasteiger partial charge in [0.25, 0.3) is 5.69 Å². The average Bonchev–Trinajstić information content (AvgIpc) is 2.70. The minimum atomic E-state index is -0.493. The summed E-state index contributed by atoms with van der Waals surface area (Å²) in [5.41, 5.74) is 1.02. The number of para-hydroxylation sites is 1. The summed E-state index contributed by atoms with van der Waals surface area (Å²) in [5, 5.41) is 16.7. The zero-order valence-corrected chi connectivity index (χ0v) is 16.3. The number of nitrogens with zero attached hydrogens (tertiary/aromatic N) is 3. The van der Waals surface area contributed by atoms with Gasteiger partial charge in [0.05, 0.1) is 22.2 Å². The lowest BCUT2D eigenvalue weighted by Gasteiger charge is -2.34. The van der Waals surface area contributed by atoms with Gasteiger partial charge in [0.1, 0.15) is 0 Å². The molecular weight excluding hydrogens is 398 g/mol. The fourth-order valence-electron chi connectivity index (χ4n) is 2.93. The molecule has 3 amide bonds. The highest BCUT2D eigenvalue weighted by Gasteiger charge is 2.22. The van der Waals surface area contributed by atoms with Gasteiger partial charge in [-0.25, -0.2) is 4.79 Å². The number of piperazine rings is 1. The number of amides is 3. The van der Waals surface area contributed by atoms with E-state index < -0.39 is 4.92 Å². The van der Waals surface area contributed by atoms with Gasteiger partial charge >= 0.3 is 6.03 Å². The predicted molar refractivity (Wildman–Crippen MR) is 110 cm³/mol. The van der Waals surface area contributed by atoms with Crippen LogP contribution in [0.25, 0.3) is 0 Å². The fourth-order valence-corrected chi connectivity index (χ4v) is 3.12. The van der Waals surface area contributed by atoms with Crippen LogP contribution in [0.2, 0.25) is 5.02 Å². The molecule has 0 radical (unpaired) electrons. The zero-order valence-electron chi connectivity index (χ0n) is 15.5. The fraction of sp³-hybridized carbons (Fsp3) is 0.263. The van der Waals surface area contributed by atoms with Crippen molar-refractivity contribution >= 4 is 40.6 Å². The van der Waals surface area contributed by atoms with Gasteiger partial charge in [-0.05, 0) is 24.3 Å². The van der Waals surface area contributed by atoms with Crippen LogP contribution in [-0.4, -0.2) is 59.4 Å². The summed E-state index contributed by atoms with van der Waals surface area (Å²) in [6, 6.07) is 12.4. The molecule has 0 aromatic heterocycles. The van der Waals surface area contributed by atoms with Crippen LogP contribution in [0, 0.1) is 10.1 Å². The topological polar surface area (TPSA) is 108 Å². The maximum absolute atomic E-state index is 12.4. The van der Waals surface area contributed by atoms with Gasteiger partial charge in [0.2, 0.25) is 5.91 Å². The van der Waals surface area contributed by atoms with Gasteiger partial charge in [0, 0.05) is 44.0 Å². The molecule has 29 heavy (non-hydrogen) atoms. The van der Waals surface area contributed by atoms with E-state index in [4.69, 9.17) is 11.6 Å². The molecule has 1 heterocycles. The van der Waals surface area contributed by atoms with Gasteiger partial charge < -0.3 is 15.5 Å². The van der Waals surface area contributed by atoms with Crippen molar-refractivity contribution in [2.45, 2.75) is 0 Å². The standard InChI is InChI=1S/C19H20ClN5O4/c20-16-3-1-2-4-17(16)22-18(26)13-23-9-11-24(12-10-23)19(27)21-14-5-7-15(8-6-14)25(28)29/h1-8H,9-13H2,(H,21,27)(H,22,26). The number of hydrogen-bond acceptors (Lipinski definition) is 5. The number of urea groups is 1. The third-order valence-corrected chi connectivity index (χ3v) is 4.83. The Labute approximate surface area is 172 Å². The molecule has 2 aromatic rings. The number of rotatable bonds is 5. The zero-order chi connectivity index (χ0) is 20.8. The summed E-state index contributed by atoms with van der Waals surface area (Å²) in [6.07, 6.45) is 0. The van der Waals surface area contributed by atoms with Crippen molar-refractivity contribution in [2.24, 2.45) is 0 Å². The van der Waals surface area contributed by atoms with Gasteiger partial charge in [0.15, 0.2) is 0 Å². The lowest BCUT2D eigenvalue weighted by molar-refractivity contribution is -0.384. The molecule has 10 heteroatoms. The molecule has 2 aromatic carbocycles. The van der Waals surface area contributed by atoms with Crippen LogP contribution >= 0.6 is 11.6 Å². The highest BCUT2D eigenvalue weighted by Crippen LogP contribution is 2.20. The average molecular weight is 418 g/mol. The molecule has 0 spiro atoms. The molecule has 1 saturated heterocycles. The molecule has 3 rings (SSSR count). The van der Waals surface area contributed by atoms with Gasteiger partial charge in [-0.1, -0.05) is 23.7 Å². The molecule has 9 nitrogen and oxygen atoms in total. The summed E-state index contributed by atoms with van der Waals surface area (Å²) in [6.45, 7) is 2.27. The first kappa shape index (κ1) is 20.6. The van der Waals surface area contributed by atoms with Crippen LogP contribution in [0.5, 0.6) is 0 Å². The van der Waals surface area contributed by atoms with Crippen LogP contribution in [0.4, 0.5) is 21.9 Å². The molecule has 1 fully saturated rings. The van der Waals surface area contributed by atoms with E-state index in [1.54, 1.807) is 29.2 Å². The Morgan fingerprint density at radius 3 is 2.28 bits per heavy atom. The molecule has 0 unspecified atom stereocenters. The maximum atomic E-state index is 12.4. The Bertz CT molecular complexity index is 898. The van der Waals surface area contributed by atoms with E-state index in [-0.39, 0.29) is 24.2 Å². The van der Waals surface area contributed by atoms with E-state index in [1.165, 1.54) is 24.3 Å². The minimum absolute atomic E-state index is 0.0355. The summed E-state index contributed by atoms with van der Waals surface area (Å²) in [5.74, 6) is -0.165. The van der Waals surface area contributed by atoms with Crippen LogP contribution in [-0.2, 0) is 4.79 Å². The molecular formula is C19H20ClN5O4. The predicted octanol–water partition coefficient (Wildman–Crippen LogP) is 3.04. The summed E-state index contributed by atoms with van der Waals surface area (Å²) in [7, 11) is 0. The normalized spacial score (nSPS) is 14.3. The second-order valence-corrected chi connectivity index (χ2v) is 6.93. The van der Waals surface area contributed by atoms with Crippen molar-refractivity contribution in [3.8, 4) is 0 Å². The molecule has 0 atom stereocenters. The molecule has 2 N–H and O–H groups in total. The van der Waals surface area contributed by atoms with Crippen molar-refractivity contribution in [3.05, 3.63) is 63.7 Å². The Balaban J connectivity index is 1.44. The number of carbonyl (C=O) groups excluding carboxylic acids is 2. The van der Waals surface area contributed by atoms with E-state index >= 15 is 0 Å². The maximum Gasteiger partial charge on any atom is 0.321 e. The number of nitrogens with one attached hydrogen (secondary N) is 2. The summed E-state index contributed by atoms with van der Waals surface area (Å²) < 4.78 is 0. The Morgan fingerprint density at radius 2 is 1.66 bits per heavy atom. The lowest BCUT2D eigenvalue weighted by atomic mass is 10.3. The Morgan fingerprint density at radius 1 is 1.00 bits per heavy atom. The number of nitro benzene ring substituents is 1. The molecule has 0 aliphatic carbocycles. The third kappa shape index (κ3) is 5.66. The number of halogens is 1. The van der Waals surface area contributed by atoms with Crippen molar-refractivity contribution in [3.63, 3.8) is 0 Å². The van der Waals surface area contributed by atoms with E-state index in [0.717, 1.165) is 0 Å². The first-order chi connectivity index (χ1) is 13.9. The lowest BCUT2D eigenvalue weighted by Crippen LogP contribution is -2.51. The van der Waals surface area contributed by atoms with Gasteiger partial charge in [-0.2, -0.15) is 0 Å². The van der Waals surface area contributed by atoms with Crippen LogP contribution in [0.15, 0.2) is 48.5 Å². The molecule has 1 aliphatic heterocycles. The second kappa shape index (κ2) is 9.35. The van der Waals surface area contributed by atoms with Gasteiger partial charge in [-0.15, -0.1) is 0 Å². The van der Waals surface area contributed by atoms with Crippen molar-refractivity contribution in [1.29, 1.82) is 0 Å². The quantitative estimate of drug-likeness (QED) is 0.574. The molecule has 0 saturated carbocycles. The summed E-state index contributed by atoms with van der Waals surface area (Å²) in [4.78, 5) is 38.4. The minimum Gasteiger partial charge on any atom is -0.324 e. The molecule has 152 valence electrons. The monoisotopic (exact) mass is 417 g/mol. The third-order valence-electron chi connectivity index (χ3n) is 4.50. The molecule has 0 bridgehead atoms. The molecule has 1 aliphatic rings. The van der Waals surface area contributed by atoms with Crippen molar-refractivity contribution in [1.82, 2.24) is 9.80 Å². The van der Waals surface area contributed by atoms with Crippen LogP contribution in [0.3, 0.4) is 0 Å². The van der Waals surface area contributed by atoms with E-state index in [2.05, 4.69) is 10.6 Å². The number of benzene rings is 2. The first-order valence-electron chi connectivity index (χ1n) is 8.99. The van der Waals surface area contributed by atoms with E-state index in [9.17, 15) is 19.7 Å². The SMILES string of the molecule is O=C(CN1CCN(C(=O)Nc2ccc([N+](=O)[O-])cc2)CC1)Nc1ccccc1Cl. The number of hydrogen-bond donors (Lipinski definition) is 2. The van der Waals surface area contributed by atoms with E-state index in [0.29, 0.717) is 42.6 Å². The Hall–Kier alpha value is -3.17. The first-order valence-corrected chi connectivity index (χ1v) is 9.37. The number of non-ortho nitro benzene ring substituents is 1. The number of anilines is 2. The summed E-state index contributed by atoms with van der Waals surface area (Å²) >= 11 is 6.04. The Kier molecular flexibility index (Phi) is 6.63. The van der Waals surface area contributed by atoms with Crippen molar-refractivity contribution in [2.75, 3.05) is 43.4 Å². The van der Waals surface area contributed by atoms with Gasteiger partial charge in [-0.3, -0.25) is 19.8 Å².